The molecule has 0 heterocycles. The lowest BCUT2D eigenvalue weighted by atomic mass is 10.3. The molecule has 0 amide bonds. The van der Waals surface area contributed by atoms with Crippen LogP contribution < -0.4 is 5.32 Å². The lowest BCUT2D eigenvalue weighted by Gasteiger charge is -2.04. The van der Waals surface area contributed by atoms with Crippen LogP contribution in [0.15, 0.2) is 11.6 Å². The van der Waals surface area contributed by atoms with Crippen molar-refractivity contribution in [2.75, 3.05) is 6.54 Å². The molecule has 2 N–H and O–H groups in total. The van der Waals surface area contributed by atoms with Crippen molar-refractivity contribution >= 4 is 17.6 Å². The molecule has 0 aliphatic rings. The van der Waals surface area contributed by atoms with Crippen molar-refractivity contribution in [2.24, 2.45) is 0 Å². The third kappa shape index (κ3) is 4.35. The van der Waals surface area contributed by atoms with Gasteiger partial charge in [0.05, 0.1) is 0 Å². The summed E-state index contributed by atoms with van der Waals surface area (Å²) in [4.78, 5) is 10.2. The molecule has 0 aromatic heterocycles. The molecular weight excluding hydrogens is 154 g/mol. The number of hydrogen-bond donors (Lipinski definition) is 2. The van der Waals surface area contributed by atoms with Gasteiger partial charge in [-0.3, -0.25) is 4.79 Å². The van der Waals surface area contributed by atoms with Crippen LogP contribution in [0.25, 0.3) is 0 Å². The Hall–Kier alpha value is -0.540. The molecule has 1 atom stereocenters. The van der Waals surface area contributed by atoms with E-state index in [9.17, 15) is 4.79 Å². The highest BCUT2D eigenvalue weighted by molar-refractivity contribution is 6.25. The molecule has 3 nitrogen and oxygen atoms in total. The van der Waals surface area contributed by atoms with Crippen molar-refractivity contribution in [3.63, 3.8) is 0 Å². The topological polar surface area (TPSA) is 49.3 Å². The molecule has 0 fully saturated rings. The Morgan fingerprint density at radius 2 is 2.50 bits per heavy atom. The van der Waals surface area contributed by atoms with Gasteiger partial charge in [0.25, 0.3) is 0 Å². The summed E-state index contributed by atoms with van der Waals surface area (Å²) in [6, 6.07) is -0.520. The lowest BCUT2D eigenvalue weighted by Crippen LogP contribution is -2.33. The van der Waals surface area contributed by atoms with Gasteiger partial charge < -0.3 is 10.4 Å². The van der Waals surface area contributed by atoms with E-state index < -0.39 is 12.0 Å². The van der Waals surface area contributed by atoms with E-state index in [0.29, 0.717) is 6.54 Å². The summed E-state index contributed by atoms with van der Waals surface area (Å²) in [6.45, 7) is 2.06. The van der Waals surface area contributed by atoms with E-state index in [1.54, 1.807) is 13.0 Å². The fourth-order valence-corrected chi connectivity index (χ4v) is 0.466. The Morgan fingerprint density at radius 3 is 2.90 bits per heavy atom. The number of aliphatic carboxylic acids is 1. The first-order valence-electron chi connectivity index (χ1n) is 2.90. The maximum absolute atomic E-state index is 10.2. The highest BCUT2D eigenvalue weighted by Gasteiger charge is 2.06. The lowest BCUT2D eigenvalue weighted by molar-refractivity contribution is -0.138. The molecule has 0 aromatic carbocycles. The molecule has 0 aromatic rings. The summed E-state index contributed by atoms with van der Waals surface area (Å²) in [6.07, 6.45) is 1.64. The fourth-order valence-electron chi connectivity index (χ4n) is 0.377. The molecule has 0 spiro atoms. The minimum atomic E-state index is -0.858. The largest absolute Gasteiger partial charge is 0.480 e. The van der Waals surface area contributed by atoms with E-state index in [-0.39, 0.29) is 0 Å². The van der Waals surface area contributed by atoms with Crippen LogP contribution in [0.4, 0.5) is 0 Å². The zero-order chi connectivity index (χ0) is 7.98. The minimum absolute atomic E-state index is 0.483. The van der Waals surface area contributed by atoms with Crippen LogP contribution in [0.2, 0.25) is 0 Å². The summed E-state index contributed by atoms with van der Waals surface area (Å²) in [5.41, 5.74) is 1.35. The van der Waals surface area contributed by atoms with Crippen LogP contribution >= 0.6 is 11.6 Å². The molecule has 0 rings (SSSR count). The summed E-state index contributed by atoms with van der Waals surface area (Å²) >= 11 is 5.20. The third-order valence-electron chi connectivity index (χ3n) is 1.00. The second kappa shape index (κ2) is 5.26. The Balaban J connectivity index is 3.39. The first-order chi connectivity index (χ1) is 4.68. The summed E-state index contributed by atoms with van der Waals surface area (Å²) in [7, 11) is 0. The zero-order valence-electron chi connectivity index (χ0n) is 5.67. The maximum Gasteiger partial charge on any atom is 0.320 e. The van der Waals surface area contributed by atoms with Gasteiger partial charge in [-0.05, 0) is 6.92 Å². The van der Waals surface area contributed by atoms with E-state index in [4.69, 9.17) is 16.7 Å². The highest BCUT2D eigenvalue weighted by atomic mass is 35.5. The number of hydrogen-bond acceptors (Lipinski definition) is 2. The predicted octanol–water partition coefficient (Wildman–Crippen LogP) is 0.802. The van der Waals surface area contributed by atoms with Gasteiger partial charge in [0.2, 0.25) is 0 Å². The number of halogens is 1. The molecule has 10 heavy (non-hydrogen) atoms. The molecule has 0 aliphatic carbocycles. The molecule has 4 heteroatoms. The number of rotatable bonds is 4. The molecule has 0 aliphatic heterocycles. The van der Waals surface area contributed by atoms with Crippen molar-refractivity contribution in [1.82, 2.24) is 5.32 Å². The van der Waals surface area contributed by atoms with E-state index in [1.807, 2.05) is 0 Å². The Morgan fingerprint density at radius 1 is 1.90 bits per heavy atom. The van der Waals surface area contributed by atoms with Crippen molar-refractivity contribution in [3.8, 4) is 0 Å². The van der Waals surface area contributed by atoms with Crippen molar-refractivity contribution in [1.29, 1.82) is 0 Å². The summed E-state index contributed by atoms with van der Waals surface area (Å²) < 4.78 is 0. The quantitative estimate of drug-likeness (QED) is 0.645. The summed E-state index contributed by atoms with van der Waals surface area (Å²) in [5, 5.41) is 11.1. The normalized spacial score (nSPS) is 13.8. The average molecular weight is 164 g/mol. The van der Waals surface area contributed by atoms with Crippen LogP contribution in [0.3, 0.4) is 0 Å². The van der Waals surface area contributed by atoms with Gasteiger partial charge in [0.1, 0.15) is 6.04 Å². The standard InChI is InChI=1S/C6H10ClNO2/c1-5(6(9)10)8-4-2-3-7/h2-3,5,8H,4H2,1H3,(H,9,10)/b3-2+. The van der Waals surface area contributed by atoms with Gasteiger partial charge in [0, 0.05) is 12.1 Å². The average Bonchev–Trinajstić information content (AvgIpc) is 1.88. The number of nitrogens with one attached hydrogen (secondary N) is 1. The van der Waals surface area contributed by atoms with E-state index in [2.05, 4.69) is 5.32 Å². The van der Waals surface area contributed by atoms with Crippen molar-refractivity contribution < 1.29 is 9.90 Å². The van der Waals surface area contributed by atoms with Crippen LogP contribution in [0, 0.1) is 0 Å². The third-order valence-corrected chi connectivity index (χ3v) is 1.18. The van der Waals surface area contributed by atoms with Crippen molar-refractivity contribution in [3.05, 3.63) is 11.6 Å². The molecular formula is C6H10ClNO2. The van der Waals surface area contributed by atoms with E-state index in [0.717, 1.165) is 0 Å². The van der Waals surface area contributed by atoms with Gasteiger partial charge in [-0.1, -0.05) is 17.7 Å². The first kappa shape index (κ1) is 9.46. The molecule has 1 unspecified atom stereocenters. The first-order valence-corrected chi connectivity index (χ1v) is 3.33. The molecule has 0 radical (unpaired) electrons. The minimum Gasteiger partial charge on any atom is -0.480 e. The summed E-state index contributed by atoms with van der Waals surface area (Å²) in [5.74, 6) is -0.858. The Kier molecular flexibility index (Phi) is 4.98. The molecule has 58 valence electrons. The molecule has 0 saturated carbocycles. The Bertz CT molecular complexity index is 136. The maximum atomic E-state index is 10.2. The smallest absolute Gasteiger partial charge is 0.320 e. The Labute approximate surface area is 64.7 Å². The zero-order valence-corrected chi connectivity index (χ0v) is 6.43. The van der Waals surface area contributed by atoms with Gasteiger partial charge in [0.15, 0.2) is 0 Å². The van der Waals surface area contributed by atoms with Crippen LogP contribution in [0.5, 0.6) is 0 Å². The fraction of sp³-hybridized carbons (Fsp3) is 0.500. The number of carboxylic acid groups (broad SMARTS) is 1. The van der Waals surface area contributed by atoms with Gasteiger partial charge >= 0.3 is 5.97 Å². The van der Waals surface area contributed by atoms with Gasteiger partial charge in [-0.15, -0.1) is 0 Å². The van der Waals surface area contributed by atoms with Crippen molar-refractivity contribution in [2.45, 2.75) is 13.0 Å². The van der Waals surface area contributed by atoms with Crippen LogP contribution in [-0.2, 0) is 4.79 Å². The number of carbonyl (C=O) groups is 1. The second-order valence-electron chi connectivity index (χ2n) is 1.83. The van der Waals surface area contributed by atoms with Crippen LogP contribution in [-0.4, -0.2) is 23.7 Å². The van der Waals surface area contributed by atoms with Gasteiger partial charge in [-0.2, -0.15) is 0 Å². The molecule has 0 saturated heterocycles. The monoisotopic (exact) mass is 163 g/mol. The van der Waals surface area contributed by atoms with Gasteiger partial charge in [-0.25, -0.2) is 0 Å². The second-order valence-corrected chi connectivity index (χ2v) is 2.08. The predicted molar refractivity (Wildman–Crippen MR) is 40.1 cm³/mol. The van der Waals surface area contributed by atoms with E-state index >= 15 is 0 Å². The van der Waals surface area contributed by atoms with E-state index in [1.165, 1.54) is 5.54 Å². The van der Waals surface area contributed by atoms with Crippen LogP contribution in [0.1, 0.15) is 6.92 Å². The molecule has 0 bridgehead atoms. The SMILES string of the molecule is CC(NC/C=C/Cl)C(=O)O. The highest BCUT2D eigenvalue weighted by Crippen LogP contribution is 1.81. The number of carboxylic acids is 1.